The molecule has 2 amide bonds. The Kier molecular flexibility index (Phi) is 3.73. The summed E-state index contributed by atoms with van der Waals surface area (Å²) in [6.07, 6.45) is 0. The van der Waals surface area contributed by atoms with E-state index in [1.165, 1.54) is 12.0 Å². The van der Waals surface area contributed by atoms with Gasteiger partial charge in [0.15, 0.2) is 0 Å². The maximum atomic E-state index is 12.8. The van der Waals surface area contributed by atoms with Gasteiger partial charge in [0.05, 0.1) is 18.5 Å². The lowest BCUT2D eigenvalue weighted by Crippen LogP contribution is -2.42. The van der Waals surface area contributed by atoms with E-state index in [4.69, 9.17) is 16.3 Å². The Hall–Kier alpha value is -2.53. The highest BCUT2D eigenvalue weighted by Gasteiger charge is 2.27. The summed E-state index contributed by atoms with van der Waals surface area (Å²) in [6, 6.07) is 11.9. The van der Waals surface area contributed by atoms with Crippen LogP contribution in [0.3, 0.4) is 0 Å². The Balaban J connectivity index is 2.02. The molecule has 0 fully saturated rings. The number of para-hydroxylation sites is 2. The lowest BCUT2D eigenvalue weighted by atomic mass is 10.1. The topological polar surface area (TPSA) is 58.6 Å². The molecular weight excluding hydrogens is 304 g/mol. The highest BCUT2D eigenvalue weighted by atomic mass is 35.5. The first-order valence-electron chi connectivity index (χ1n) is 6.64. The number of hydrogen-bond acceptors (Lipinski definition) is 3. The van der Waals surface area contributed by atoms with E-state index in [-0.39, 0.29) is 18.4 Å². The zero-order chi connectivity index (χ0) is 15.7. The third-order valence-electron chi connectivity index (χ3n) is 3.37. The van der Waals surface area contributed by atoms with Gasteiger partial charge in [-0.3, -0.25) is 14.5 Å². The number of anilines is 2. The molecular formula is C16H13ClN2O3. The molecule has 1 aliphatic heterocycles. The number of fused-ring (bicyclic) bond motifs is 1. The third kappa shape index (κ3) is 2.63. The van der Waals surface area contributed by atoms with Crippen molar-refractivity contribution in [3.63, 3.8) is 0 Å². The smallest absolute Gasteiger partial charge is 0.259 e. The van der Waals surface area contributed by atoms with Gasteiger partial charge in [-0.2, -0.15) is 0 Å². The highest BCUT2D eigenvalue weighted by Crippen LogP contribution is 2.31. The van der Waals surface area contributed by atoms with Gasteiger partial charge in [0, 0.05) is 10.6 Å². The normalized spacial score (nSPS) is 13.4. The monoisotopic (exact) mass is 316 g/mol. The number of rotatable bonds is 2. The number of carbonyl (C=O) groups is 2. The molecule has 6 heteroatoms. The molecule has 1 N–H and O–H groups in total. The van der Waals surface area contributed by atoms with Crippen molar-refractivity contribution < 1.29 is 14.3 Å². The van der Waals surface area contributed by atoms with Crippen LogP contribution < -0.4 is 15.0 Å². The van der Waals surface area contributed by atoms with Gasteiger partial charge in [-0.25, -0.2) is 0 Å². The molecule has 1 heterocycles. The number of methoxy groups -OCH3 is 1. The molecule has 22 heavy (non-hydrogen) atoms. The summed E-state index contributed by atoms with van der Waals surface area (Å²) in [5.41, 5.74) is 1.64. The maximum absolute atomic E-state index is 12.8. The molecule has 2 aromatic carbocycles. The van der Waals surface area contributed by atoms with Crippen LogP contribution in [0.1, 0.15) is 10.4 Å². The van der Waals surface area contributed by atoms with Crippen LogP contribution >= 0.6 is 11.6 Å². The van der Waals surface area contributed by atoms with Gasteiger partial charge in [-0.1, -0.05) is 23.7 Å². The molecule has 0 radical (unpaired) electrons. The van der Waals surface area contributed by atoms with Crippen molar-refractivity contribution in [3.05, 3.63) is 53.1 Å². The van der Waals surface area contributed by atoms with E-state index in [1.54, 1.807) is 36.4 Å². The van der Waals surface area contributed by atoms with Gasteiger partial charge in [-0.05, 0) is 30.3 Å². The average Bonchev–Trinajstić information content (AvgIpc) is 2.52. The van der Waals surface area contributed by atoms with Crippen LogP contribution in [0.4, 0.5) is 11.4 Å². The van der Waals surface area contributed by atoms with Crippen LogP contribution in [0.25, 0.3) is 0 Å². The Morgan fingerprint density at radius 3 is 2.82 bits per heavy atom. The molecule has 0 spiro atoms. The predicted octanol–water partition coefficient (Wildman–Crippen LogP) is 2.95. The highest BCUT2D eigenvalue weighted by molar-refractivity contribution is 6.31. The summed E-state index contributed by atoms with van der Waals surface area (Å²) in [5.74, 6) is -0.0465. The maximum Gasteiger partial charge on any atom is 0.259 e. The quantitative estimate of drug-likeness (QED) is 0.926. The van der Waals surface area contributed by atoms with E-state index in [0.717, 1.165) is 0 Å². The number of amides is 2. The molecule has 0 saturated heterocycles. The lowest BCUT2D eigenvalue weighted by Gasteiger charge is -2.29. The van der Waals surface area contributed by atoms with Crippen molar-refractivity contribution in [3.8, 4) is 5.75 Å². The first-order valence-corrected chi connectivity index (χ1v) is 7.01. The van der Waals surface area contributed by atoms with Crippen molar-refractivity contribution in [2.75, 3.05) is 23.9 Å². The molecule has 1 aliphatic rings. The number of halogens is 1. The van der Waals surface area contributed by atoms with E-state index < -0.39 is 0 Å². The van der Waals surface area contributed by atoms with Crippen LogP contribution in [-0.4, -0.2) is 25.5 Å². The fourth-order valence-electron chi connectivity index (χ4n) is 2.37. The summed E-state index contributed by atoms with van der Waals surface area (Å²) in [7, 11) is 1.50. The van der Waals surface area contributed by atoms with E-state index in [1.807, 2.05) is 6.07 Å². The van der Waals surface area contributed by atoms with E-state index in [2.05, 4.69) is 5.32 Å². The van der Waals surface area contributed by atoms with E-state index >= 15 is 0 Å². The number of carbonyl (C=O) groups excluding carboxylic acids is 2. The second kappa shape index (κ2) is 5.69. The van der Waals surface area contributed by atoms with Crippen LogP contribution in [0, 0.1) is 0 Å². The summed E-state index contributed by atoms with van der Waals surface area (Å²) in [5, 5.41) is 3.15. The molecule has 0 aliphatic carbocycles. The third-order valence-corrected chi connectivity index (χ3v) is 3.59. The van der Waals surface area contributed by atoms with Gasteiger partial charge < -0.3 is 10.1 Å². The van der Waals surface area contributed by atoms with Crippen molar-refractivity contribution in [1.29, 1.82) is 0 Å². The van der Waals surface area contributed by atoms with Crippen LogP contribution in [-0.2, 0) is 4.79 Å². The zero-order valence-corrected chi connectivity index (χ0v) is 12.6. The first kappa shape index (κ1) is 14.4. The Labute approximate surface area is 132 Å². The summed E-state index contributed by atoms with van der Waals surface area (Å²) in [4.78, 5) is 26.0. The minimum Gasteiger partial charge on any atom is -0.497 e. The summed E-state index contributed by atoms with van der Waals surface area (Å²) in [6.45, 7) is -0.0370. The Morgan fingerprint density at radius 1 is 1.27 bits per heavy atom. The SMILES string of the molecule is COc1cc(Cl)cc(C(=O)N2CC(=O)Nc3ccccc32)c1. The molecule has 0 aromatic heterocycles. The molecule has 0 saturated carbocycles. The van der Waals surface area contributed by atoms with Gasteiger partial charge in [0.1, 0.15) is 12.3 Å². The van der Waals surface area contributed by atoms with Crippen molar-refractivity contribution >= 4 is 34.8 Å². The number of nitrogens with zero attached hydrogens (tertiary/aromatic N) is 1. The molecule has 2 aromatic rings. The second-order valence-corrected chi connectivity index (χ2v) is 5.27. The largest absolute Gasteiger partial charge is 0.497 e. The molecule has 0 unspecified atom stereocenters. The van der Waals surface area contributed by atoms with Gasteiger partial charge in [0.2, 0.25) is 5.91 Å². The van der Waals surface area contributed by atoms with Crippen LogP contribution in [0.2, 0.25) is 5.02 Å². The Morgan fingerprint density at radius 2 is 2.05 bits per heavy atom. The Bertz CT molecular complexity index is 761. The molecule has 112 valence electrons. The minimum atomic E-state index is -0.303. The number of nitrogens with one attached hydrogen (secondary N) is 1. The standard InChI is InChI=1S/C16H13ClN2O3/c1-22-12-7-10(6-11(17)8-12)16(21)19-9-15(20)18-13-4-2-3-5-14(13)19/h2-8H,9H2,1H3,(H,18,20). The van der Waals surface area contributed by atoms with Crippen LogP contribution in [0.5, 0.6) is 5.75 Å². The molecule has 3 rings (SSSR count). The number of benzene rings is 2. The summed E-state index contributed by atoms with van der Waals surface area (Å²) < 4.78 is 5.13. The summed E-state index contributed by atoms with van der Waals surface area (Å²) >= 11 is 6.01. The first-order chi connectivity index (χ1) is 10.6. The minimum absolute atomic E-state index is 0.0370. The van der Waals surface area contributed by atoms with Gasteiger partial charge >= 0.3 is 0 Å². The van der Waals surface area contributed by atoms with Gasteiger partial charge in [-0.15, -0.1) is 0 Å². The average molecular weight is 317 g/mol. The molecule has 0 atom stereocenters. The lowest BCUT2D eigenvalue weighted by molar-refractivity contribution is -0.115. The van der Waals surface area contributed by atoms with Crippen LogP contribution in [0.15, 0.2) is 42.5 Å². The fourth-order valence-corrected chi connectivity index (χ4v) is 2.60. The predicted molar refractivity (Wildman–Crippen MR) is 84.8 cm³/mol. The number of ether oxygens (including phenoxy) is 1. The van der Waals surface area contributed by atoms with E-state index in [9.17, 15) is 9.59 Å². The van der Waals surface area contributed by atoms with Crippen molar-refractivity contribution in [1.82, 2.24) is 0 Å². The fraction of sp³-hybridized carbons (Fsp3) is 0.125. The molecule has 0 bridgehead atoms. The van der Waals surface area contributed by atoms with E-state index in [0.29, 0.717) is 27.7 Å². The second-order valence-electron chi connectivity index (χ2n) is 4.84. The zero-order valence-electron chi connectivity index (χ0n) is 11.8. The van der Waals surface area contributed by atoms with Crippen molar-refractivity contribution in [2.45, 2.75) is 0 Å². The van der Waals surface area contributed by atoms with Gasteiger partial charge in [0.25, 0.3) is 5.91 Å². The molecule has 5 nitrogen and oxygen atoms in total. The number of hydrogen-bond donors (Lipinski definition) is 1. The van der Waals surface area contributed by atoms with Crippen molar-refractivity contribution in [2.24, 2.45) is 0 Å².